The van der Waals surface area contributed by atoms with Crippen LogP contribution in [0.4, 0.5) is 0 Å². The molecule has 0 aromatic heterocycles. The molecule has 150 valence electrons. The van der Waals surface area contributed by atoms with Gasteiger partial charge in [0.1, 0.15) is 23.2 Å². The van der Waals surface area contributed by atoms with E-state index < -0.39 is 12.4 Å². The van der Waals surface area contributed by atoms with Gasteiger partial charge in [-0.25, -0.2) is 0 Å². The summed E-state index contributed by atoms with van der Waals surface area (Å²) in [6.07, 6.45) is 0. The summed E-state index contributed by atoms with van der Waals surface area (Å²) in [6, 6.07) is 40.1. The number of Topliss-reactive ketones (excluding diaryl/α,β-unsaturated/α-hetero) is 1. The van der Waals surface area contributed by atoms with Crippen molar-refractivity contribution in [2.24, 2.45) is 0 Å². The van der Waals surface area contributed by atoms with Gasteiger partial charge in [-0.3, -0.25) is 4.79 Å². The van der Waals surface area contributed by atoms with Crippen LogP contribution >= 0.6 is 18.9 Å². The molecule has 1 unspecified atom stereocenters. The van der Waals surface area contributed by atoms with Crippen LogP contribution in [-0.4, -0.2) is 10.9 Å². The Morgan fingerprint density at radius 1 is 0.567 bits per heavy atom. The molecule has 0 amide bonds. The van der Waals surface area contributed by atoms with E-state index in [-0.39, 0.29) is 22.8 Å². The van der Waals surface area contributed by atoms with E-state index in [4.69, 9.17) is 11.6 Å². The fourth-order valence-electron chi connectivity index (χ4n) is 3.75. The van der Waals surface area contributed by atoms with Gasteiger partial charge in [-0.1, -0.05) is 96.5 Å². The van der Waals surface area contributed by atoms with Crippen molar-refractivity contribution in [3.8, 4) is 0 Å². The predicted octanol–water partition coefficient (Wildman–Crippen LogP) is 2.43. The number of benzene rings is 4. The van der Waals surface area contributed by atoms with E-state index >= 15 is 0 Å². The van der Waals surface area contributed by atoms with Gasteiger partial charge in [0.15, 0.2) is 0 Å². The van der Waals surface area contributed by atoms with E-state index in [2.05, 4.69) is 36.4 Å². The predicted molar refractivity (Wildman–Crippen MR) is 126 cm³/mol. The summed E-state index contributed by atoms with van der Waals surface area (Å²) in [4.78, 5) is 13.6. The first-order chi connectivity index (χ1) is 14.2. The standard InChI is InChI=1S/C26H21ClOP.BrH/c27-26(25(28)21-13-5-1-6-14-21)29(22-15-7-2-8-16-22,23-17-9-3-10-18-23)24-19-11-4-12-20-24;/h1-20,26H;1H/q+1;/p-1. The topological polar surface area (TPSA) is 17.1 Å². The zero-order valence-corrected chi connectivity index (χ0v) is 19.5. The second-order valence-electron chi connectivity index (χ2n) is 6.80. The molecule has 0 saturated carbocycles. The van der Waals surface area contributed by atoms with Gasteiger partial charge in [-0.2, -0.15) is 0 Å². The van der Waals surface area contributed by atoms with Crippen molar-refractivity contribution in [2.45, 2.75) is 5.12 Å². The van der Waals surface area contributed by atoms with E-state index in [0.717, 1.165) is 15.9 Å². The average molecular weight is 496 g/mol. The SMILES string of the molecule is O=C(c1ccccc1)C(Cl)[P+](c1ccccc1)(c1ccccc1)c1ccccc1.[Br-]. The molecular formula is C26H21BrClOP. The summed E-state index contributed by atoms with van der Waals surface area (Å²) in [5, 5.41) is 2.59. The molecule has 0 aliphatic carbocycles. The first-order valence-electron chi connectivity index (χ1n) is 9.53. The molecule has 0 radical (unpaired) electrons. The largest absolute Gasteiger partial charge is 1.00 e. The molecule has 1 atom stereocenters. The molecule has 4 heteroatoms. The number of alkyl halides is 1. The van der Waals surface area contributed by atoms with Crippen LogP contribution in [0.2, 0.25) is 0 Å². The highest BCUT2D eigenvalue weighted by Gasteiger charge is 2.55. The summed E-state index contributed by atoms with van der Waals surface area (Å²) in [6.45, 7) is 0. The van der Waals surface area contributed by atoms with E-state index in [9.17, 15) is 4.79 Å². The van der Waals surface area contributed by atoms with Gasteiger partial charge in [0.25, 0.3) is 0 Å². The van der Waals surface area contributed by atoms with Gasteiger partial charge < -0.3 is 17.0 Å². The van der Waals surface area contributed by atoms with E-state index in [0.29, 0.717) is 5.56 Å². The molecule has 0 bridgehead atoms. The van der Waals surface area contributed by atoms with Crippen molar-refractivity contribution in [3.05, 3.63) is 127 Å². The zero-order chi connectivity index (χ0) is 20.1. The smallest absolute Gasteiger partial charge is 0.219 e. The maximum Gasteiger partial charge on any atom is 0.219 e. The summed E-state index contributed by atoms with van der Waals surface area (Å²) in [5.74, 6) is -0.0443. The van der Waals surface area contributed by atoms with Gasteiger partial charge in [0, 0.05) is 5.56 Å². The molecule has 0 N–H and O–H groups in total. The van der Waals surface area contributed by atoms with Gasteiger partial charge in [-0.05, 0) is 36.4 Å². The van der Waals surface area contributed by atoms with Crippen LogP contribution in [-0.2, 0) is 0 Å². The number of hydrogen-bond acceptors (Lipinski definition) is 1. The number of carbonyl (C=O) groups is 1. The Morgan fingerprint density at radius 3 is 1.20 bits per heavy atom. The van der Waals surface area contributed by atoms with Gasteiger partial charge in [-0.15, -0.1) is 0 Å². The maximum absolute atomic E-state index is 13.6. The molecule has 4 aromatic carbocycles. The third-order valence-electron chi connectivity index (χ3n) is 5.11. The molecule has 0 saturated heterocycles. The number of hydrogen-bond donors (Lipinski definition) is 0. The summed E-state index contributed by atoms with van der Waals surface area (Å²) >= 11 is 7.19. The van der Waals surface area contributed by atoms with Crippen LogP contribution in [0.5, 0.6) is 0 Å². The van der Waals surface area contributed by atoms with E-state index in [1.807, 2.05) is 84.9 Å². The molecule has 0 aliphatic rings. The lowest BCUT2D eigenvalue weighted by atomic mass is 10.1. The number of rotatable bonds is 6. The van der Waals surface area contributed by atoms with E-state index in [1.165, 1.54) is 0 Å². The van der Waals surface area contributed by atoms with Crippen LogP contribution < -0.4 is 32.9 Å². The zero-order valence-electron chi connectivity index (χ0n) is 16.2. The molecule has 1 nitrogen and oxygen atoms in total. The quantitative estimate of drug-likeness (QED) is 0.228. The summed E-state index contributed by atoms with van der Waals surface area (Å²) < 4.78 is 0. The first kappa shape index (κ1) is 22.4. The lowest BCUT2D eigenvalue weighted by molar-refractivity contribution is -0.0000132. The fraction of sp³-hybridized carbons (Fsp3) is 0.0385. The Hall–Kier alpha value is -2.25. The molecule has 0 heterocycles. The molecule has 30 heavy (non-hydrogen) atoms. The maximum atomic E-state index is 13.6. The van der Waals surface area contributed by atoms with Gasteiger partial charge in [0.05, 0.1) is 0 Å². The molecule has 0 spiro atoms. The Labute approximate surface area is 193 Å². The third kappa shape index (κ3) is 4.14. The minimum Gasteiger partial charge on any atom is -1.00 e. The second kappa shape index (κ2) is 10.2. The Bertz CT molecular complexity index is 976. The van der Waals surface area contributed by atoms with E-state index in [1.54, 1.807) is 0 Å². The average Bonchev–Trinajstić information content (AvgIpc) is 2.82. The minimum absolute atomic E-state index is 0. The lowest BCUT2D eigenvalue weighted by Crippen LogP contribution is -3.00. The number of ketones is 1. The lowest BCUT2D eigenvalue weighted by Gasteiger charge is -2.30. The molecule has 4 aromatic rings. The molecule has 4 rings (SSSR count). The summed E-state index contributed by atoms with van der Waals surface area (Å²) in [5.41, 5.74) is 0.639. The van der Waals surface area contributed by atoms with Gasteiger partial charge >= 0.3 is 0 Å². The van der Waals surface area contributed by atoms with Crippen LogP contribution in [0.1, 0.15) is 10.4 Å². The minimum atomic E-state index is -2.45. The highest BCUT2D eigenvalue weighted by atomic mass is 79.9. The highest BCUT2D eigenvalue weighted by molar-refractivity contribution is 7.98. The van der Waals surface area contributed by atoms with Crippen LogP contribution in [0.15, 0.2) is 121 Å². The fourth-order valence-corrected chi connectivity index (χ4v) is 8.99. The monoisotopic (exact) mass is 494 g/mol. The first-order valence-corrected chi connectivity index (χ1v) is 11.8. The third-order valence-corrected chi connectivity index (χ3v) is 10.4. The van der Waals surface area contributed by atoms with Crippen molar-refractivity contribution in [1.29, 1.82) is 0 Å². The Kier molecular flexibility index (Phi) is 7.61. The van der Waals surface area contributed by atoms with Crippen LogP contribution in [0, 0.1) is 0 Å². The normalized spacial score (nSPS) is 11.9. The van der Waals surface area contributed by atoms with Gasteiger partial charge in [0.2, 0.25) is 10.9 Å². The number of halogens is 2. The highest BCUT2D eigenvalue weighted by Crippen LogP contribution is 2.61. The molecular weight excluding hydrogens is 475 g/mol. The van der Waals surface area contributed by atoms with Crippen LogP contribution in [0.25, 0.3) is 0 Å². The van der Waals surface area contributed by atoms with Crippen molar-refractivity contribution in [2.75, 3.05) is 0 Å². The Morgan fingerprint density at radius 2 is 0.867 bits per heavy atom. The van der Waals surface area contributed by atoms with Crippen molar-refractivity contribution >= 4 is 40.6 Å². The molecule has 0 fully saturated rings. The van der Waals surface area contributed by atoms with Crippen LogP contribution in [0.3, 0.4) is 0 Å². The van der Waals surface area contributed by atoms with Crippen molar-refractivity contribution in [3.63, 3.8) is 0 Å². The number of carbonyl (C=O) groups excluding carboxylic acids is 1. The van der Waals surface area contributed by atoms with Crippen molar-refractivity contribution < 1.29 is 21.8 Å². The second-order valence-corrected chi connectivity index (χ2v) is 11.0. The molecule has 0 aliphatic heterocycles. The Balaban J connectivity index is 0.00000256. The van der Waals surface area contributed by atoms with Crippen molar-refractivity contribution in [1.82, 2.24) is 0 Å². The summed E-state index contributed by atoms with van der Waals surface area (Å²) in [7, 11) is -2.45.